The Kier molecular flexibility index (Phi) is 17.0. The van der Waals surface area contributed by atoms with Gasteiger partial charge < -0.3 is 48.8 Å². The zero-order valence-corrected chi connectivity index (χ0v) is 51.4. The molecule has 4 bridgehead atoms. The number of carbonyl (C=O) groups excluding carboxylic acids is 2. The highest BCUT2D eigenvalue weighted by Gasteiger charge is 2.38. The van der Waals surface area contributed by atoms with Gasteiger partial charge in [-0.05, 0) is 92.4 Å². The Morgan fingerprint density at radius 2 is 1.20 bits per heavy atom. The van der Waals surface area contributed by atoms with E-state index < -0.39 is 107 Å². The quantitative estimate of drug-likeness (QED) is 0.100. The third kappa shape index (κ3) is 10.9. The first-order valence-corrected chi connectivity index (χ1v) is 30.1. The number of aliphatic hydroxyl groups excluding tert-OH is 2. The van der Waals surface area contributed by atoms with Gasteiger partial charge in [0, 0.05) is 95.0 Å². The fourth-order valence-electron chi connectivity index (χ4n) is 13.1. The lowest BCUT2D eigenvalue weighted by Crippen LogP contribution is -2.54. The highest BCUT2D eigenvalue weighted by molar-refractivity contribution is 5.93. The maximum atomic E-state index is 17.8. The van der Waals surface area contributed by atoms with E-state index in [1.807, 2.05) is 20.8 Å². The minimum Gasteiger partial charge on any atom is -0.490 e. The number of halogens is 4. The van der Waals surface area contributed by atoms with Gasteiger partial charge in [0.05, 0.1) is 44.7 Å². The Morgan fingerprint density at radius 1 is 0.663 bits per heavy atom. The van der Waals surface area contributed by atoms with Gasteiger partial charge in [0.25, 0.3) is 0 Å². The van der Waals surface area contributed by atoms with Crippen LogP contribution < -0.4 is 30.7 Å². The van der Waals surface area contributed by atoms with Gasteiger partial charge in [-0.25, -0.2) is 46.3 Å². The summed E-state index contributed by atoms with van der Waals surface area (Å²) in [5, 5.41) is 24.8. The minimum absolute atomic E-state index is 0.00543. The molecule has 2 amide bonds. The summed E-state index contributed by atoms with van der Waals surface area (Å²) >= 11 is 0. The van der Waals surface area contributed by atoms with Crippen LogP contribution in [0.15, 0.2) is 102 Å². The van der Waals surface area contributed by atoms with Crippen LogP contribution in [0.3, 0.4) is 0 Å². The number of hydrogen-bond donors (Lipinski definition) is 2. The number of piperazine rings is 2. The van der Waals surface area contributed by atoms with Gasteiger partial charge in [0.2, 0.25) is 11.8 Å². The number of methoxy groups -OCH3 is 2. The fourth-order valence-corrected chi connectivity index (χ4v) is 13.1. The van der Waals surface area contributed by atoms with Crippen LogP contribution >= 0.6 is 0 Å². The second-order valence-electron chi connectivity index (χ2n) is 23.7. The average Bonchev–Trinajstić information content (AvgIpc) is 0.736. The molecular formula is C66H66F4N12O10. The zero-order valence-electron chi connectivity index (χ0n) is 51.4. The fraction of sp³-hybridized carbons (Fsp3) is 0.364. The molecule has 4 aliphatic rings. The van der Waals surface area contributed by atoms with Gasteiger partial charge in [-0.15, -0.1) is 0 Å². The third-order valence-corrected chi connectivity index (χ3v) is 17.6. The Labute approximate surface area is 524 Å². The van der Waals surface area contributed by atoms with Gasteiger partial charge in [-0.1, -0.05) is 40.0 Å². The Hall–Kier alpha value is -9.50. The van der Waals surface area contributed by atoms with E-state index in [1.165, 1.54) is 67.6 Å². The number of aromatic nitrogens is 8. The molecule has 2 fully saturated rings. The van der Waals surface area contributed by atoms with Crippen LogP contribution in [0.4, 0.5) is 29.2 Å². The molecular weight excluding hydrogens is 1200 g/mol. The summed E-state index contributed by atoms with van der Waals surface area (Å²) in [7, 11) is 2.68. The van der Waals surface area contributed by atoms with Gasteiger partial charge >= 0.3 is 11.4 Å². The molecule has 6 aromatic heterocycles. The Bertz CT molecular complexity index is 4450. The van der Waals surface area contributed by atoms with Crippen molar-refractivity contribution in [1.82, 2.24) is 48.8 Å². The second kappa shape index (κ2) is 24.9. The Morgan fingerprint density at radius 3 is 1.73 bits per heavy atom. The summed E-state index contributed by atoms with van der Waals surface area (Å²) in [5.74, 6) is -6.18. The van der Waals surface area contributed by atoms with E-state index in [4.69, 9.17) is 33.9 Å². The van der Waals surface area contributed by atoms with Gasteiger partial charge in [-0.2, -0.15) is 9.97 Å². The molecule has 26 heteroatoms. The maximum Gasteiger partial charge on any atom is 0.355 e. The van der Waals surface area contributed by atoms with Crippen LogP contribution in [0.2, 0.25) is 0 Å². The van der Waals surface area contributed by atoms with Crippen LogP contribution in [0, 0.1) is 23.3 Å². The molecule has 8 aromatic rings. The summed E-state index contributed by atoms with van der Waals surface area (Å²) in [6.45, 7) is 16.4. The van der Waals surface area contributed by atoms with Crippen molar-refractivity contribution >= 4 is 45.5 Å². The van der Waals surface area contributed by atoms with Crippen LogP contribution in [0.25, 0.3) is 56.0 Å². The number of hydrogen-bond acceptors (Lipinski definition) is 18. The SMILES string of the molecule is C=CC(=O)N1CCN(c2nc(=O)n3c4nc(c(F)cc24)-c2c(F)cc(CC(C)c4nccc5c4-n4c(=O)nc(N6CCN(C(=O)C=C)C[C@@H]6C)c6cc(F)c(nc64)-c4c(F)cccc4OCC(OC)C5O)cc2OCC(O)C(OC)c2ccnc(C(C)C)c2-3)[C@@H](C)C1. The molecule has 92 heavy (non-hydrogen) atoms. The smallest absolute Gasteiger partial charge is 0.355 e. The molecule has 12 rings (SSSR count). The largest absolute Gasteiger partial charge is 0.490 e. The van der Waals surface area contributed by atoms with Crippen molar-refractivity contribution in [2.75, 3.05) is 76.5 Å². The van der Waals surface area contributed by atoms with E-state index in [-0.39, 0.29) is 148 Å². The molecule has 2 aromatic carbocycles. The molecule has 2 saturated heterocycles. The predicted molar refractivity (Wildman–Crippen MR) is 332 cm³/mol. The highest BCUT2D eigenvalue weighted by atomic mass is 19.1. The normalized spacial score (nSPS) is 20.2. The molecule has 0 saturated carbocycles. The molecule has 5 unspecified atom stereocenters. The molecule has 2 N–H and O–H groups in total. The summed E-state index contributed by atoms with van der Waals surface area (Å²) in [4.78, 5) is 90.8. The first kappa shape index (κ1) is 62.7. The topological polar surface area (TPSA) is 246 Å². The van der Waals surface area contributed by atoms with Crippen molar-refractivity contribution in [3.05, 3.63) is 165 Å². The molecule has 4 aliphatic heterocycles. The van der Waals surface area contributed by atoms with Crippen LogP contribution in [0.1, 0.15) is 86.7 Å². The molecule has 0 spiro atoms. The molecule has 0 radical (unpaired) electrons. The van der Waals surface area contributed by atoms with Gasteiger partial charge in [0.1, 0.15) is 83.8 Å². The number of carbonyl (C=O) groups is 2. The molecule has 7 atom stereocenters. The summed E-state index contributed by atoms with van der Waals surface area (Å²) in [5.41, 5.74) is -3.05. The van der Waals surface area contributed by atoms with E-state index >= 15 is 27.2 Å². The van der Waals surface area contributed by atoms with E-state index in [9.17, 15) is 19.8 Å². The Balaban J connectivity index is 1.04. The van der Waals surface area contributed by atoms with Crippen molar-refractivity contribution < 1.29 is 56.3 Å². The van der Waals surface area contributed by atoms with Crippen LogP contribution in [-0.2, 0) is 25.5 Å². The summed E-state index contributed by atoms with van der Waals surface area (Å²) in [6, 6.07) is 10.8. The number of aliphatic hydroxyl groups is 2. The molecule has 478 valence electrons. The lowest BCUT2D eigenvalue weighted by Gasteiger charge is -2.40. The number of fused-ring (bicyclic) bond motifs is 10. The standard InChI is InChI=1S/C66H66F4N12O10/c1-10-49(84)77-19-21-79(34(6)28-77)61-39-26-43(69)55-51-41(67)13-12-14-46(51)92-31-48(89-8)59(86)37-15-17-72-54(57(37)81(63(39)73-55)65(87)75-61)33(5)23-36-24-42(68)52-47(25-36)91-30-45(83)60(90-9)38-16-18-71-53(32(3)4)58(38)82-64-40(27-44(70)56(52)74-64)62(76-66(82)88)80-22-20-78(29-35(80)7)50(85)11-2/h10-18,24-27,32-35,45,48,59-60,83,86H,1-2,19-23,28-31H2,3-9H3/t33?,34-,35-,45?,48?,59?,60?/m0/s1. The first-order valence-electron chi connectivity index (χ1n) is 30.1. The second-order valence-corrected chi connectivity index (χ2v) is 23.7. The summed E-state index contributed by atoms with van der Waals surface area (Å²) in [6.07, 6.45) is -0.453. The summed E-state index contributed by atoms with van der Waals surface area (Å²) < 4.78 is 95.4. The van der Waals surface area contributed by atoms with Gasteiger partial charge in [0.15, 0.2) is 22.9 Å². The van der Waals surface area contributed by atoms with Crippen LogP contribution in [-0.4, -0.2) is 162 Å². The minimum atomic E-state index is -1.63. The first-order chi connectivity index (χ1) is 44.2. The highest BCUT2D eigenvalue weighted by Crippen LogP contribution is 2.44. The number of rotatable bonds is 10. The third-order valence-electron chi connectivity index (χ3n) is 17.6. The lowest BCUT2D eigenvalue weighted by molar-refractivity contribution is -0.127. The number of benzene rings is 2. The van der Waals surface area contributed by atoms with Gasteiger partial charge in [-0.3, -0.25) is 19.6 Å². The van der Waals surface area contributed by atoms with Crippen molar-refractivity contribution in [2.24, 2.45) is 0 Å². The number of pyridine rings is 4. The average molecular weight is 1260 g/mol. The monoisotopic (exact) mass is 1260 g/mol. The number of amides is 2. The molecule has 0 aliphatic carbocycles. The van der Waals surface area contributed by atoms with E-state index in [0.717, 1.165) is 28.8 Å². The van der Waals surface area contributed by atoms with E-state index in [2.05, 4.69) is 28.1 Å². The maximum absolute atomic E-state index is 17.8. The predicted octanol–water partition coefficient (Wildman–Crippen LogP) is 7.35. The van der Waals surface area contributed by atoms with Crippen molar-refractivity contribution in [2.45, 2.75) is 89.4 Å². The molecule has 10 heterocycles. The van der Waals surface area contributed by atoms with Crippen molar-refractivity contribution in [1.29, 1.82) is 0 Å². The zero-order chi connectivity index (χ0) is 65.3. The lowest BCUT2D eigenvalue weighted by atomic mass is 9.91. The van der Waals surface area contributed by atoms with E-state index in [0.29, 0.717) is 5.69 Å². The van der Waals surface area contributed by atoms with Crippen LogP contribution in [0.5, 0.6) is 11.5 Å². The number of anilines is 2. The molecule has 22 nitrogen and oxygen atoms in total. The van der Waals surface area contributed by atoms with Crippen molar-refractivity contribution in [3.63, 3.8) is 0 Å². The number of nitrogens with zero attached hydrogens (tertiary/aromatic N) is 12. The van der Waals surface area contributed by atoms with Crippen molar-refractivity contribution in [3.8, 4) is 45.4 Å². The van der Waals surface area contributed by atoms with E-state index in [1.54, 1.807) is 39.5 Å². The number of ether oxygens (including phenoxy) is 4.